The maximum Gasteiger partial charge on any atom is 0.262 e. The van der Waals surface area contributed by atoms with E-state index in [0.717, 1.165) is 37.9 Å². The van der Waals surface area contributed by atoms with Crippen molar-refractivity contribution in [1.82, 2.24) is 14.5 Å². The van der Waals surface area contributed by atoms with Crippen LogP contribution in [0.3, 0.4) is 0 Å². The number of aromatic nitrogens is 2. The molecule has 4 rings (SSSR count). The fourth-order valence-corrected chi connectivity index (χ4v) is 4.19. The van der Waals surface area contributed by atoms with Gasteiger partial charge in [0.15, 0.2) is 0 Å². The summed E-state index contributed by atoms with van der Waals surface area (Å²) in [6.45, 7) is 5.53. The Morgan fingerprint density at radius 1 is 0.931 bits per heavy atom. The second-order valence-electron chi connectivity index (χ2n) is 8.07. The molecule has 5 heteroatoms. The molecule has 2 heterocycles. The highest BCUT2D eigenvalue weighted by Crippen LogP contribution is 2.28. The molecule has 1 aliphatic rings. The molecule has 1 fully saturated rings. The standard InChI is InChI=1S/C24H27N3O2/c1-17(2)21(24(29)26-15-9-4-10-16-26)27-22(18-11-5-3-6-12-18)25-20-14-8-7-13-19(20)23(27)28/h3,5-8,11-14,17,21H,4,9-10,15-16H2,1-2H3. The average Bonchev–Trinajstić information content (AvgIpc) is 2.76. The number of nitrogens with zero attached hydrogens (tertiary/aromatic N) is 3. The summed E-state index contributed by atoms with van der Waals surface area (Å²) in [5.41, 5.74) is 1.34. The predicted molar refractivity (Wildman–Crippen MR) is 116 cm³/mol. The monoisotopic (exact) mass is 389 g/mol. The number of hydrogen-bond acceptors (Lipinski definition) is 3. The Labute approximate surface area is 171 Å². The molecule has 1 amide bonds. The summed E-state index contributed by atoms with van der Waals surface area (Å²) < 4.78 is 1.64. The van der Waals surface area contributed by atoms with Gasteiger partial charge in [-0.15, -0.1) is 0 Å². The van der Waals surface area contributed by atoms with Gasteiger partial charge in [0, 0.05) is 18.7 Å². The number of benzene rings is 2. The van der Waals surface area contributed by atoms with Crippen molar-refractivity contribution in [3.63, 3.8) is 0 Å². The summed E-state index contributed by atoms with van der Waals surface area (Å²) >= 11 is 0. The number of rotatable bonds is 4. The molecule has 0 saturated carbocycles. The summed E-state index contributed by atoms with van der Waals surface area (Å²) in [6.07, 6.45) is 3.20. The molecule has 0 bridgehead atoms. The number of piperidine rings is 1. The molecule has 5 nitrogen and oxygen atoms in total. The lowest BCUT2D eigenvalue weighted by Gasteiger charge is -2.33. The zero-order valence-electron chi connectivity index (χ0n) is 17.0. The van der Waals surface area contributed by atoms with Gasteiger partial charge in [0.05, 0.1) is 10.9 Å². The molecule has 29 heavy (non-hydrogen) atoms. The minimum Gasteiger partial charge on any atom is -0.341 e. The van der Waals surface area contributed by atoms with E-state index in [1.54, 1.807) is 10.6 Å². The Bertz CT molecular complexity index is 1070. The minimum absolute atomic E-state index is 0.0241. The summed E-state index contributed by atoms with van der Waals surface area (Å²) in [4.78, 5) is 33.9. The second-order valence-corrected chi connectivity index (χ2v) is 8.07. The number of hydrogen-bond donors (Lipinski definition) is 0. The predicted octanol–water partition coefficient (Wildman–Crippen LogP) is 4.27. The van der Waals surface area contributed by atoms with E-state index in [4.69, 9.17) is 4.98 Å². The van der Waals surface area contributed by atoms with Gasteiger partial charge < -0.3 is 4.90 Å². The first-order chi connectivity index (χ1) is 14.1. The Hall–Kier alpha value is -2.95. The van der Waals surface area contributed by atoms with E-state index in [9.17, 15) is 9.59 Å². The van der Waals surface area contributed by atoms with Crippen molar-refractivity contribution in [2.45, 2.75) is 39.2 Å². The van der Waals surface area contributed by atoms with Gasteiger partial charge in [-0.2, -0.15) is 0 Å². The van der Waals surface area contributed by atoms with E-state index in [-0.39, 0.29) is 17.4 Å². The van der Waals surface area contributed by atoms with E-state index in [1.807, 2.05) is 67.3 Å². The minimum atomic E-state index is -0.576. The average molecular weight is 389 g/mol. The lowest BCUT2D eigenvalue weighted by atomic mass is 9.99. The molecule has 0 radical (unpaired) electrons. The van der Waals surface area contributed by atoms with Crippen LogP contribution in [-0.2, 0) is 4.79 Å². The zero-order chi connectivity index (χ0) is 20.4. The molecule has 1 saturated heterocycles. The van der Waals surface area contributed by atoms with Gasteiger partial charge in [0.2, 0.25) is 5.91 Å². The number of likely N-dealkylation sites (tertiary alicyclic amines) is 1. The van der Waals surface area contributed by atoms with Gasteiger partial charge in [-0.3, -0.25) is 14.2 Å². The molecule has 3 aromatic rings. The van der Waals surface area contributed by atoms with Gasteiger partial charge in [-0.1, -0.05) is 56.3 Å². The maximum atomic E-state index is 13.6. The molecule has 0 N–H and O–H groups in total. The van der Waals surface area contributed by atoms with Crippen molar-refractivity contribution in [2.75, 3.05) is 13.1 Å². The third kappa shape index (κ3) is 3.69. The van der Waals surface area contributed by atoms with Crippen molar-refractivity contribution in [3.8, 4) is 11.4 Å². The quantitative estimate of drug-likeness (QED) is 0.669. The van der Waals surface area contributed by atoms with E-state index in [2.05, 4.69) is 0 Å². The van der Waals surface area contributed by atoms with Gasteiger partial charge >= 0.3 is 0 Å². The lowest BCUT2D eigenvalue weighted by Crippen LogP contribution is -2.45. The molecule has 1 unspecified atom stereocenters. The van der Waals surface area contributed by atoms with Crippen LogP contribution in [0.5, 0.6) is 0 Å². The van der Waals surface area contributed by atoms with Crippen LogP contribution in [-0.4, -0.2) is 33.4 Å². The van der Waals surface area contributed by atoms with Crippen LogP contribution in [0.2, 0.25) is 0 Å². The highest BCUT2D eigenvalue weighted by atomic mass is 16.2. The van der Waals surface area contributed by atoms with Crippen LogP contribution < -0.4 is 5.56 Å². The van der Waals surface area contributed by atoms with Gasteiger partial charge in [0.1, 0.15) is 11.9 Å². The molecular weight excluding hydrogens is 362 g/mol. The maximum absolute atomic E-state index is 13.6. The normalized spacial score (nSPS) is 15.6. The van der Waals surface area contributed by atoms with E-state index < -0.39 is 6.04 Å². The number of para-hydroxylation sites is 1. The van der Waals surface area contributed by atoms with Gasteiger partial charge in [-0.05, 0) is 37.3 Å². The molecule has 1 aromatic heterocycles. The van der Waals surface area contributed by atoms with E-state index in [1.165, 1.54) is 0 Å². The number of carbonyl (C=O) groups is 1. The molecule has 0 aliphatic carbocycles. The molecule has 150 valence electrons. The number of amides is 1. The van der Waals surface area contributed by atoms with Crippen molar-refractivity contribution in [3.05, 3.63) is 65.0 Å². The van der Waals surface area contributed by atoms with Crippen LogP contribution in [0.25, 0.3) is 22.3 Å². The third-order valence-electron chi connectivity index (χ3n) is 5.67. The third-order valence-corrected chi connectivity index (χ3v) is 5.67. The Balaban J connectivity index is 1.95. The highest BCUT2D eigenvalue weighted by Gasteiger charge is 2.32. The van der Waals surface area contributed by atoms with Crippen molar-refractivity contribution >= 4 is 16.8 Å². The SMILES string of the molecule is CC(C)C(C(=O)N1CCCCC1)n1c(-c2ccccc2)nc2ccccc2c1=O. The first kappa shape index (κ1) is 19.4. The van der Waals surface area contributed by atoms with Crippen molar-refractivity contribution in [2.24, 2.45) is 5.92 Å². The topological polar surface area (TPSA) is 55.2 Å². The summed E-state index contributed by atoms with van der Waals surface area (Å²) in [5.74, 6) is 0.543. The molecule has 0 spiro atoms. The summed E-state index contributed by atoms with van der Waals surface area (Å²) in [5, 5.41) is 0.546. The van der Waals surface area contributed by atoms with Gasteiger partial charge in [0.25, 0.3) is 5.56 Å². The molecular formula is C24H27N3O2. The fourth-order valence-electron chi connectivity index (χ4n) is 4.19. The second kappa shape index (κ2) is 8.19. The van der Waals surface area contributed by atoms with Crippen molar-refractivity contribution < 1.29 is 4.79 Å². The number of carbonyl (C=O) groups excluding carboxylic acids is 1. The lowest BCUT2D eigenvalue weighted by molar-refractivity contribution is -0.137. The Kier molecular flexibility index (Phi) is 5.47. The summed E-state index contributed by atoms with van der Waals surface area (Å²) in [6, 6.07) is 16.5. The first-order valence-electron chi connectivity index (χ1n) is 10.4. The van der Waals surface area contributed by atoms with Crippen LogP contribution >= 0.6 is 0 Å². The largest absolute Gasteiger partial charge is 0.341 e. The van der Waals surface area contributed by atoms with E-state index in [0.29, 0.717) is 16.7 Å². The van der Waals surface area contributed by atoms with Crippen molar-refractivity contribution in [1.29, 1.82) is 0 Å². The molecule has 2 aromatic carbocycles. The number of fused-ring (bicyclic) bond motifs is 1. The molecule has 1 atom stereocenters. The fraction of sp³-hybridized carbons (Fsp3) is 0.375. The molecule has 1 aliphatic heterocycles. The summed E-state index contributed by atoms with van der Waals surface area (Å²) in [7, 11) is 0. The highest BCUT2D eigenvalue weighted by molar-refractivity contribution is 5.84. The van der Waals surface area contributed by atoms with Gasteiger partial charge in [-0.25, -0.2) is 4.98 Å². The van der Waals surface area contributed by atoms with Crippen LogP contribution in [0.4, 0.5) is 0 Å². The Morgan fingerprint density at radius 2 is 1.59 bits per heavy atom. The van der Waals surface area contributed by atoms with Crippen LogP contribution in [0.15, 0.2) is 59.4 Å². The van der Waals surface area contributed by atoms with E-state index >= 15 is 0 Å². The smallest absolute Gasteiger partial charge is 0.262 e. The zero-order valence-corrected chi connectivity index (χ0v) is 17.0. The first-order valence-corrected chi connectivity index (χ1v) is 10.4. The Morgan fingerprint density at radius 3 is 2.28 bits per heavy atom. The van der Waals surface area contributed by atoms with Crippen LogP contribution in [0, 0.1) is 5.92 Å². The van der Waals surface area contributed by atoms with Crippen LogP contribution in [0.1, 0.15) is 39.2 Å².